The summed E-state index contributed by atoms with van der Waals surface area (Å²) in [6.45, 7) is 18.1. The normalized spacial score (nSPS) is 17.0. The smallest absolute Gasteiger partial charge is 0.408 e. The largest absolute Gasteiger partial charge is 0.444 e. The van der Waals surface area contributed by atoms with E-state index in [1.165, 1.54) is 0 Å². The third kappa shape index (κ3) is 11.5. The number of nitrogens with zero attached hydrogens (tertiary/aromatic N) is 2. The van der Waals surface area contributed by atoms with E-state index in [-0.39, 0.29) is 35.6 Å². The number of amides is 1. The van der Waals surface area contributed by atoms with Gasteiger partial charge in [-0.25, -0.2) is 4.79 Å². The van der Waals surface area contributed by atoms with E-state index < -0.39 is 5.60 Å². The van der Waals surface area contributed by atoms with E-state index in [9.17, 15) is 4.79 Å². The molecular weight excluding hydrogens is 497 g/mol. The van der Waals surface area contributed by atoms with Crippen molar-refractivity contribution in [3.63, 3.8) is 0 Å². The summed E-state index contributed by atoms with van der Waals surface area (Å²) in [5, 5.41) is 9.84. The zero-order valence-electron chi connectivity index (χ0n) is 20.0. The lowest BCUT2D eigenvalue weighted by Gasteiger charge is -2.34. The second-order valence-corrected chi connectivity index (χ2v) is 8.94. The summed E-state index contributed by atoms with van der Waals surface area (Å²) in [5.74, 6) is 1.24. The molecule has 0 radical (unpaired) electrons. The summed E-state index contributed by atoms with van der Waals surface area (Å²) >= 11 is 0. The standard InChI is InChI=1S/C21H43N5O3.HI/c1-8-21(9-2,25-19(27)29-20(4,5)6)16-24-18(22-7)23-14-17(3)15-26-10-12-28-13-11-26;/h17H,8-16H2,1-7H3,(H,25,27)(H2,22,23,24);1H. The van der Waals surface area contributed by atoms with Gasteiger partial charge in [0.1, 0.15) is 5.60 Å². The van der Waals surface area contributed by atoms with Gasteiger partial charge in [-0.3, -0.25) is 9.89 Å². The molecule has 1 heterocycles. The molecule has 3 N–H and O–H groups in total. The molecule has 0 saturated carbocycles. The number of carbonyl (C=O) groups excluding carboxylic acids is 1. The van der Waals surface area contributed by atoms with Crippen LogP contribution in [0.25, 0.3) is 0 Å². The third-order valence-corrected chi connectivity index (χ3v) is 5.23. The molecule has 9 heteroatoms. The van der Waals surface area contributed by atoms with Crippen LogP contribution in [-0.2, 0) is 9.47 Å². The monoisotopic (exact) mass is 541 g/mol. The minimum Gasteiger partial charge on any atom is -0.444 e. The van der Waals surface area contributed by atoms with Crippen molar-refractivity contribution in [1.82, 2.24) is 20.9 Å². The van der Waals surface area contributed by atoms with Crippen LogP contribution in [0.1, 0.15) is 54.4 Å². The Labute approximate surface area is 200 Å². The number of aliphatic imine (C=N–C) groups is 1. The van der Waals surface area contributed by atoms with E-state index in [1.54, 1.807) is 7.05 Å². The molecule has 178 valence electrons. The molecule has 1 atom stereocenters. The van der Waals surface area contributed by atoms with Crippen LogP contribution in [0.3, 0.4) is 0 Å². The van der Waals surface area contributed by atoms with Crippen molar-refractivity contribution in [3.05, 3.63) is 0 Å². The Morgan fingerprint density at radius 3 is 2.27 bits per heavy atom. The van der Waals surface area contributed by atoms with Crippen molar-refractivity contribution in [2.45, 2.75) is 65.5 Å². The van der Waals surface area contributed by atoms with E-state index in [0.717, 1.165) is 58.2 Å². The highest BCUT2D eigenvalue weighted by Gasteiger charge is 2.30. The van der Waals surface area contributed by atoms with Gasteiger partial charge in [-0.15, -0.1) is 24.0 Å². The van der Waals surface area contributed by atoms with Crippen molar-refractivity contribution in [2.24, 2.45) is 10.9 Å². The van der Waals surface area contributed by atoms with E-state index >= 15 is 0 Å². The maximum absolute atomic E-state index is 12.3. The van der Waals surface area contributed by atoms with Crippen LogP contribution in [-0.4, -0.2) is 81.1 Å². The molecule has 0 aliphatic carbocycles. The Bertz CT molecular complexity index is 515. The number of rotatable bonds is 9. The van der Waals surface area contributed by atoms with Crippen molar-refractivity contribution in [3.8, 4) is 0 Å². The molecule has 0 aromatic rings. The highest BCUT2D eigenvalue weighted by Crippen LogP contribution is 2.16. The maximum atomic E-state index is 12.3. The fourth-order valence-electron chi connectivity index (χ4n) is 3.27. The fraction of sp³-hybridized carbons (Fsp3) is 0.905. The van der Waals surface area contributed by atoms with Gasteiger partial charge in [0.2, 0.25) is 0 Å². The molecule has 0 bridgehead atoms. The number of guanidine groups is 1. The molecule has 0 aromatic heterocycles. The number of alkyl carbamates (subject to hydrolysis) is 1. The van der Waals surface area contributed by atoms with Crippen molar-refractivity contribution in [1.29, 1.82) is 0 Å². The van der Waals surface area contributed by atoms with Gasteiger partial charge in [-0.05, 0) is 39.5 Å². The van der Waals surface area contributed by atoms with Crippen molar-refractivity contribution < 1.29 is 14.3 Å². The fourth-order valence-corrected chi connectivity index (χ4v) is 3.27. The number of ether oxygens (including phenoxy) is 2. The molecule has 1 unspecified atom stereocenters. The highest BCUT2D eigenvalue weighted by molar-refractivity contribution is 14.0. The first-order chi connectivity index (χ1) is 13.6. The van der Waals surface area contributed by atoms with Gasteiger partial charge < -0.3 is 25.4 Å². The predicted octanol–water partition coefficient (Wildman–Crippen LogP) is 2.82. The lowest BCUT2D eigenvalue weighted by Crippen LogP contribution is -2.57. The predicted molar refractivity (Wildman–Crippen MR) is 134 cm³/mol. The number of morpholine rings is 1. The summed E-state index contributed by atoms with van der Waals surface area (Å²) in [5.41, 5.74) is -0.904. The number of hydrogen-bond acceptors (Lipinski definition) is 5. The number of carbonyl (C=O) groups is 1. The van der Waals surface area contributed by atoms with Gasteiger partial charge in [0, 0.05) is 39.8 Å². The number of halogens is 1. The van der Waals surface area contributed by atoms with Crippen molar-refractivity contribution in [2.75, 3.05) is 53.0 Å². The summed E-state index contributed by atoms with van der Waals surface area (Å²) in [7, 11) is 1.77. The van der Waals surface area contributed by atoms with Crippen LogP contribution in [0.2, 0.25) is 0 Å². The lowest BCUT2D eigenvalue weighted by molar-refractivity contribution is 0.0320. The Morgan fingerprint density at radius 1 is 1.17 bits per heavy atom. The average Bonchev–Trinajstić information content (AvgIpc) is 2.66. The summed E-state index contributed by atoms with van der Waals surface area (Å²) in [6, 6.07) is 0. The first-order valence-corrected chi connectivity index (χ1v) is 10.9. The second-order valence-electron chi connectivity index (χ2n) is 8.94. The summed E-state index contributed by atoms with van der Waals surface area (Å²) < 4.78 is 10.9. The van der Waals surface area contributed by atoms with E-state index in [2.05, 4.69) is 46.6 Å². The molecule has 0 spiro atoms. The van der Waals surface area contributed by atoms with Gasteiger partial charge >= 0.3 is 6.09 Å². The third-order valence-electron chi connectivity index (χ3n) is 5.23. The first kappa shape index (κ1) is 29.2. The molecule has 0 aromatic carbocycles. The Kier molecular flexibility index (Phi) is 13.9. The van der Waals surface area contributed by atoms with Crippen LogP contribution in [0, 0.1) is 5.92 Å². The van der Waals surface area contributed by atoms with Crippen molar-refractivity contribution >= 4 is 36.0 Å². The van der Waals surface area contributed by atoms with Crippen LogP contribution in [0.4, 0.5) is 4.79 Å². The van der Waals surface area contributed by atoms with Gasteiger partial charge in [0.25, 0.3) is 0 Å². The van der Waals surface area contributed by atoms with E-state index in [4.69, 9.17) is 9.47 Å². The number of nitrogens with one attached hydrogen (secondary N) is 3. The maximum Gasteiger partial charge on any atom is 0.408 e. The average molecular weight is 542 g/mol. The lowest BCUT2D eigenvalue weighted by atomic mass is 9.93. The summed E-state index contributed by atoms with van der Waals surface area (Å²) in [6.07, 6.45) is 1.20. The molecule has 1 aliphatic rings. The Hall–Kier alpha value is -0.810. The second kappa shape index (κ2) is 14.3. The minimum atomic E-state index is -0.515. The topological polar surface area (TPSA) is 87.2 Å². The highest BCUT2D eigenvalue weighted by atomic mass is 127. The zero-order chi connectivity index (χ0) is 21.9. The Morgan fingerprint density at radius 2 is 1.77 bits per heavy atom. The molecule has 1 fully saturated rings. The van der Waals surface area contributed by atoms with Crippen LogP contribution < -0.4 is 16.0 Å². The molecule has 1 amide bonds. The SMILES string of the molecule is CCC(CC)(CNC(=NC)NCC(C)CN1CCOCC1)NC(=O)OC(C)(C)C.I. The van der Waals surface area contributed by atoms with Crippen LogP contribution in [0.5, 0.6) is 0 Å². The van der Waals surface area contributed by atoms with E-state index in [1.807, 2.05) is 20.8 Å². The summed E-state index contributed by atoms with van der Waals surface area (Å²) in [4.78, 5) is 19.1. The van der Waals surface area contributed by atoms with Crippen LogP contribution >= 0.6 is 24.0 Å². The van der Waals surface area contributed by atoms with Gasteiger partial charge in [-0.1, -0.05) is 20.8 Å². The minimum absolute atomic E-state index is 0. The first-order valence-electron chi connectivity index (χ1n) is 10.9. The Balaban J connectivity index is 0.00000841. The van der Waals surface area contributed by atoms with E-state index in [0.29, 0.717) is 12.5 Å². The van der Waals surface area contributed by atoms with Gasteiger partial charge in [-0.2, -0.15) is 0 Å². The quantitative estimate of drug-likeness (QED) is 0.237. The number of hydrogen-bond donors (Lipinski definition) is 3. The molecular formula is C21H44IN5O3. The molecule has 1 rings (SSSR count). The van der Waals surface area contributed by atoms with Gasteiger partial charge in [0.05, 0.1) is 18.8 Å². The molecule has 30 heavy (non-hydrogen) atoms. The van der Waals surface area contributed by atoms with Gasteiger partial charge in [0.15, 0.2) is 5.96 Å². The van der Waals surface area contributed by atoms with Crippen LogP contribution in [0.15, 0.2) is 4.99 Å². The molecule has 1 aliphatic heterocycles. The molecule has 8 nitrogen and oxygen atoms in total. The molecule has 1 saturated heterocycles. The zero-order valence-corrected chi connectivity index (χ0v) is 22.3.